The molecule has 2 heterocycles. The number of carbonyl (C=O) groups excluding carboxylic acids is 2. The minimum atomic E-state index is -0.0887. The molecule has 1 N–H and O–H groups in total. The maximum atomic E-state index is 12.8. The Labute approximate surface area is 145 Å². The van der Waals surface area contributed by atoms with Crippen molar-refractivity contribution in [3.63, 3.8) is 0 Å². The Hall–Kier alpha value is -1.69. The number of amides is 1. The second kappa shape index (κ2) is 7.73. The number of likely N-dealkylation sites (N-methyl/N-ethyl adjacent to an activating group) is 1. The standard InChI is InChI=1S/C17H18N2O2S.ClH/c1-19(12-8-9-18-11-12)17(21)14-6-3-2-5-13(14)16(20)15-7-4-10-22-15;/h2-7,10,12,18H,8-9,11H2,1H3;1H. The van der Waals surface area contributed by atoms with E-state index < -0.39 is 0 Å². The Kier molecular flexibility index (Phi) is 5.93. The molecule has 0 aliphatic carbocycles. The molecule has 0 bridgehead atoms. The third-order valence-corrected chi connectivity index (χ3v) is 4.92. The van der Waals surface area contributed by atoms with Gasteiger partial charge in [0.25, 0.3) is 5.91 Å². The summed E-state index contributed by atoms with van der Waals surface area (Å²) < 4.78 is 0. The molecular weight excluding hydrogens is 332 g/mol. The third-order valence-electron chi connectivity index (χ3n) is 4.05. The SMILES string of the molecule is CN(C(=O)c1ccccc1C(=O)c1cccs1)C1CCNC1.Cl. The van der Waals surface area contributed by atoms with Gasteiger partial charge in [-0.05, 0) is 30.5 Å². The lowest BCUT2D eigenvalue weighted by molar-refractivity contribution is 0.0739. The van der Waals surface area contributed by atoms with Crippen molar-refractivity contribution < 1.29 is 9.59 Å². The van der Waals surface area contributed by atoms with Crippen LogP contribution in [0.4, 0.5) is 0 Å². The zero-order chi connectivity index (χ0) is 15.5. The molecule has 1 unspecified atom stereocenters. The summed E-state index contributed by atoms with van der Waals surface area (Å²) in [6, 6.07) is 10.9. The molecule has 1 atom stereocenters. The highest BCUT2D eigenvalue weighted by Crippen LogP contribution is 2.20. The van der Waals surface area contributed by atoms with Gasteiger partial charge in [0.05, 0.1) is 10.4 Å². The summed E-state index contributed by atoms with van der Waals surface area (Å²) in [6.07, 6.45) is 0.948. The molecule has 1 amide bonds. The highest BCUT2D eigenvalue weighted by molar-refractivity contribution is 7.12. The molecule has 1 aliphatic heterocycles. The number of rotatable bonds is 4. The number of halogens is 1. The molecule has 1 saturated heterocycles. The topological polar surface area (TPSA) is 49.4 Å². The second-order valence-corrected chi connectivity index (χ2v) is 6.36. The zero-order valence-corrected chi connectivity index (χ0v) is 14.5. The average molecular weight is 351 g/mol. The van der Waals surface area contributed by atoms with Crippen LogP contribution in [0.15, 0.2) is 41.8 Å². The molecule has 1 aromatic carbocycles. The van der Waals surface area contributed by atoms with Crippen LogP contribution in [0.1, 0.15) is 32.0 Å². The van der Waals surface area contributed by atoms with Crippen LogP contribution < -0.4 is 5.32 Å². The lowest BCUT2D eigenvalue weighted by Crippen LogP contribution is -2.39. The maximum absolute atomic E-state index is 12.8. The molecular formula is C17H19ClN2O2S. The molecule has 6 heteroatoms. The smallest absolute Gasteiger partial charge is 0.254 e. The number of hydrogen-bond donors (Lipinski definition) is 1. The fraction of sp³-hybridized carbons (Fsp3) is 0.294. The number of nitrogens with zero attached hydrogens (tertiary/aromatic N) is 1. The monoisotopic (exact) mass is 350 g/mol. The number of hydrogen-bond acceptors (Lipinski definition) is 4. The number of thiophene rings is 1. The molecule has 0 saturated carbocycles. The van der Waals surface area contributed by atoms with Crippen LogP contribution in [0, 0.1) is 0 Å². The van der Waals surface area contributed by atoms with Crippen LogP contribution in [-0.4, -0.2) is 42.8 Å². The van der Waals surface area contributed by atoms with Gasteiger partial charge in [0.1, 0.15) is 0 Å². The van der Waals surface area contributed by atoms with E-state index in [2.05, 4.69) is 5.32 Å². The summed E-state index contributed by atoms with van der Waals surface area (Å²) in [6.45, 7) is 1.74. The Morgan fingerprint density at radius 3 is 2.52 bits per heavy atom. The Morgan fingerprint density at radius 1 is 1.17 bits per heavy atom. The van der Waals surface area contributed by atoms with E-state index in [0.29, 0.717) is 16.0 Å². The highest BCUT2D eigenvalue weighted by atomic mass is 35.5. The van der Waals surface area contributed by atoms with E-state index in [1.165, 1.54) is 11.3 Å². The van der Waals surface area contributed by atoms with Crippen LogP contribution in [0.25, 0.3) is 0 Å². The Morgan fingerprint density at radius 2 is 1.91 bits per heavy atom. The molecule has 0 spiro atoms. The predicted octanol–water partition coefficient (Wildman–Crippen LogP) is 2.83. The molecule has 4 nitrogen and oxygen atoms in total. The van der Waals surface area contributed by atoms with E-state index in [0.717, 1.165) is 19.5 Å². The van der Waals surface area contributed by atoms with Gasteiger partial charge in [0.15, 0.2) is 0 Å². The van der Waals surface area contributed by atoms with Crippen molar-refractivity contribution in [1.82, 2.24) is 10.2 Å². The first-order chi connectivity index (χ1) is 10.7. The van der Waals surface area contributed by atoms with Crippen LogP contribution >= 0.6 is 23.7 Å². The lowest BCUT2D eigenvalue weighted by atomic mass is 10.0. The van der Waals surface area contributed by atoms with Gasteiger partial charge in [-0.2, -0.15) is 0 Å². The van der Waals surface area contributed by atoms with Crippen molar-refractivity contribution in [2.45, 2.75) is 12.5 Å². The second-order valence-electron chi connectivity index (χ2n) is 5.41. The van der Waals surface area contributed by atoms with E-state index in [-0.39, 0.29) is 30.1 Å². The van der Waals surface area contributed by atoms with E-state index in [4.69, 9.17) is 0 Å². The first kappa shape index (κ1) is 17.7. The fourth-order valence-electron chi connectivity index (χ4n) is 2.73. The van der Waals surface area contributed by atoms with Crippen LogP contribution in [0.2, 0.25) is 0 Å². The Bertz CT molecular complexity index is 682. The minimum Gasteiger partial charge on any atom is -0.337 e. The van der Waals surface area contributed by atoms with Gasteiger partial charge >= 0.3 is 0 Å². The van der Waals surface area contributed by atoms with Gasteiger partial charge in [0.2, 0.25) is 5.78 Å². The van der Waals surface area contributed by atoms with Crippen molar-refractivity contribution >= 4 is 35.4 Å². The molecule has 122 valence electrons. The molecule has 0 radical (unpaired) electrons. The minimum absolute atomic E-state index is 0. The normalized spacial score (nSPS) is 16.7. The Balaban J connectivity index is 0.00000192. The highest BCUT2D eigenvalue weighted by Gasteiger charge is 2.27. The van der Waals surface area contributed by atoms with Crippen molar-refractivity contribution in [1.29, 1.82) is 0 Å². The summed E-state index contributed by atoms with van der Waals surface area (Å²) in [5.41, 5.74) is 0.961. The summed E-state index contributed by atoms with van der Waals surface area (Å²) in [4.78, 5) is 27.8. The van der Waals surface area contributed by atoms with Crippen molar-refractivity contribution in [2.75, 3.05) is 20.1 Å². The number of nitrogens with one attached hydrogen (secondary N) is 1. The number of benzene rings is 1. The summed E-state index contributed by atoms with van der Waals surface area (Å²) >= 11 is 1.40. The molecule has 1 aromatic heterocycles. The molecule has 2 aromatic rings. The fourth-order valence-corrected chi connectivity index (χ4v) is 3.41. The van der Waals surface area contributed by atoms with Gasteiger partial charge in [-0.15, -0.1) is 23.7 Å². The van der Waals surface area contributed by atoms with Crippen LogP contribution in [0.5, 0.6) is 0 Å². The summed E-state index contributed by atoms with van der Waals surface area (Å²) in [5.74, 6) is -0.175. The zero-order valence-electron chi connectivity index (χ0n) is 12.8. The largest absolute Gasteiger partial charge is 0.337 e. The van der Waals surface area contributed by atoms with Gasteiger partial charge in [-0.3, -0.25) is 9.59 Å². The van der Waals surface area contributed by atoms with Crippen LogP contribution in [0.3, 0.4) is 0 Å². The number of carbonyl (C=O) groups is 2. The van der Waals surface area contributed by atoms with Gasteiger partial charge in [-0.25, -0.2) is 0 Å². The van der Waals surface area contributed by atoms with E-state index in [1.807, 2.05) is 18.5 Å². The maximum Gasteiger partial charge on any atom is 0.254 e. The molecule has 3 rings (SSSR count). The van der Waals surface area contributed by atoms with Gasteiger partial charge < -0.3 is 10.2 Å². The van der Waals surface area contributed by atoms with Gasteiger partial charge in [0, 0.05) is 25.2 Å². The molecule has 23 heavy (non-hydrogen) atoms. The predicted molar refractivity (Wildman–Crippen MR) is 94.8 cm³/mol. The quantitative estimate of drug-likeness (QED) is 0.863. The third kappa shape index (κ3) is 3.63. The first-order valence-corrected chi connectivity index (χ1v) is 8.21. The van der Waals surface area contributed by atoms with Gasteiger partial charge in [-0.1, -0.05) is 24.3 Å². The molecule has 1 fully saturated rings. The summed E-state index contributed by atoms with van der Waals surface area (Å²) in [5, 5.41) is 5.13. The first-order valence-electron chi connectivity index (χ1n) is 7.33. The average Bonchev–Trinajstić information content (AvgIpc) is 3.25. The van der Waals surface area contributed by atoms with Crippen molar-refractivity contribution in [3.8, 4) is 0 Å². The van der Waals surface area contributed by atoms with E-state index >= 15 is 0 Å². The van der Waals surface area contributed by atoms with Crippen LogP contribution in [-0.2, 0) is 0 Å². The molecule has 1 aliphatic rings. The van der Waals surface area contributed by atoms with E-state index in [1.54, 1.807) is 35.2 Å². The lowest BCUT2D eigenvalue weighted by Gasteiger charge is -2.24. The number of ketones is 1. The van der Waals surface area contributed by atoms with Crippen molar-refractivity contribution in [2.24, 2.45) is 0 Å². The summed E-state index contributed by atoms with van der Waals surface area (Å²) in [7, 11) is 1.81. The van der Waals surface area contributed by atoms with Crippen molar-refractivity contribution in [3.05, 3.63) is 57.8 Å². The van der Waals surface area contributed by atoms with E-state index in [9.17, 15) is 9.59 Å².